The summed E-state index contributed by atoms with van der Waals surface area (Å²) in [6.07, 6.45) is 3.50. The second-order valence-corrected chi connectivity index (χ2v) is 7.06. The van der Waals surface area contributed by atoms with Gasteiger partial charge >= 0.3 is 6.03 Å². The zero-order valence-corrected chi connectivity index (χ0v) is 16.1. The molecule has 0 unspecified atom stereocenters. The second kappa shape index (κ2) is 9.91. The van der Waals surface area contributed by atoms with E-state index in [0.717, 1.165) is 29.8 Å². The summed E-state index contributed by atoms with van der Waals surface area (Å²) in [4.78, 5) is 10.8. The third kappa shape index (κ3) is 6.56. The van der Waals surface area contributed by atoms with Gasteiger partial charge in [-0.2, -0.15) is 0 Å². The van der Waals surface area contributed by atoms with Gasteiger partial charge in [-0.25, -0.2) is 9.48 Å². The summed E-state index contributed by atoms with van der Waals surface area (Å²) in [6, 6.07) is 7.33. The van der Waals surface area contributed by atoms with Crippen LogP contribution in [0, 0.1) is 12.8 Å². The lowest BCUT2D eigenvalue weighted by Gasteiger charge is -2.19. The van der Waals surface area contributed by atoms with Gasteiger partial charge in [0.25, 0.3) is 0 Å². The molecular weight excluding hydrogens is 342 g/mol. The molecule has 6 N–H and O–H groups in total. The molecule has 1 heterocycles. The lowest BCUT2D eigenvalue weighted by atomic mass is 10.0. The van der Waals surface area contributed by atoms with Gasteiger partial charge in [0.15, 0.2) is 0 Å². The SMILES string of the molecule is [CH2]c1ccc(NC[C@@H](CCCNC(N)=O)n2cc([C@@H](N)C(C)C)nn2)cc1. The summed E-state index contributed by atoms with van der Waals surface area (Å²) >= 11 is 0. The highest BCUT2D eigenvalue weighted by atomic mass is 16.2. The highest BCUT2D eigenvalue weighted by molar-refractivity contribution is 5.71. The number of nitrogens with one attached hydrogen (secondary N) is 2. The molecule has 0 fully saturated rings. The number of hydrogen-bond acceptors (Lipinski definition) is 5. The number of hydrogen-bond donors (Lipinski definition) is 4. The number of benzene rings is 1. The van der Waals surface area contributed by atoms with E-state index in [1.165, 1.54) is 0 Å². The van der Waals surface area contributed by atoms with E-state index in [1.54, 1.807) is 0 Å². The molecular formula is C19H30N7O. The molecule has 1 aromatic carbocycles. The van der Waals surface area contributed by atoms with Gasteiger partial charge in [0, 0.05) is 18.8 Å². The van der Waals surface area contributed by atoms with Crippen LogP contribution < -0.4 is 22.1 Å². The van der Waals surface area contributed by atoms with Gasteiger partial charge in [-0.3, -0.25) is 0 Å². The quantitative estimate of drug-likeness (QED) is 0.476. The third-order valence-corrected chi connectivity index (χ3v) is 4.47. The highest BCUT2D eigenvalue weighted by Crippen LogP contribution is 2.20. The van der Waals surface area contributed by atoms with E-state index in [-0.39, 0.29) is 18.0 Å². The number of anilines is 1. The second-order valence-electron chi connectivity index (χ2n) is 7.06. The van der Waals surface area contributed by atoms with Crippen molar-refractivity contribution in [1.82, 2.24) is 20.3 Å². The molecule has 0 aliphatic carbocycles. The Morgan fingerprint density at radius 1 is 1.30 bits per heavy atom. The van der Waals surface area contributed by atoms with Crippen LogP contribution in [0.15, 0.2) is 30.5 Å². The minimum Gasteiger partial charge on any atom is -0.383 e. The van der Waals surface area contributed by atoms with Gasteiger partial charge in [-0.15, -0.1) is 5.10 Å². The first-order valence-electron chi connectivity index (χ1n) is 9.23. The van der Waals surface area contributed by atoms with Crippen LogP contribution in [0.25, 0.3) is 0 Å². The third-order valence-electron chi connectivity index (χ3n) is 4.47. The number of primary amides is 1. The Morgan fingerprint density at radius 3 is 2.63 bits per heavy atom. The van der Waals surface area contributed by atoms with Crippen LogP contribution in [0.2, 0.25) is 0 Å². The maximum atomic E-state index is 10.8. The van der Waals surface area contributed by atoms with Gasteiger partial charge in [0.05, 0.1) is 24.0 Å². The minimum atomic E-state index is -0.510. The zero-order valence-electron chi connectivity index (χ0n) is 16.1. The van der Waals surface area contributed by atoms with Crippen molar-refractivity contribution < 1.29 is 4.79 Å². The first-order valence-corrected chi connectivity index (χ1v) is 9.23. The Morgan fingerprint density at radius 2 is 2.00 bits per heavy atom. The van der Waals surface area contributed by atoms with Crippen molar-refractivity contribution >= 4 is 11.7 Å². The number of rotatable bonds is 10. The van der Waals surface area contributed by atoms with Gasteiger partial charge in [0.2, 0.25) is 0 Å². The van der Waals surface area contributed by atoms with E-state index in [4.69, 9.17) is 11.5 Å². The highest BCUT2D eigenvalue weighted by Gasteiger charge is 2.18. The molecule has 0 saturated carbocycles. The summed E-state index contributed by atoms with van der Waals surface area (Å²) in [5.74, 6) is 0.285. The van der Waals surface area contributed by atoms with Crippen molar-refractivity contribution in [1.29, 1.82) is 0 Å². The average molecular weight is 372 g/mol. The van der Waals surface area contributed by atoms with Crippen molar-refractivity contribution in [3.8, 4) is 0 Å². The zero-order chi connectivity index (χ0) is 19.8. The van der Waals surface area contributed by atoms with E-state index in [9.17, 15) is 4.79 Å². The lowest BCUT2D eigenvalue weighted by Crippen LogP contribution is -2.30. The molecule has 0 saturated heterocycles. The Kier molecular flexibility index (Phi) is 7.60. The maximum Gasteiger partial charge on any atom is 0.312 e. The van der Waals surface area contributed by atoms with Crippen LogP contribution in [-0.4, -0.2) is 34.1 Å². The van der Waals surface area contributed by atoms with E-state index < -0.39 is 6.03 Å². The fourth-order valence-electron chi connectivity index (χ4n) is 2.70. The number of carbonyl (C=O) groups is 1. The molecule has 2 aromatic rings. The van der Waals surface area contributed by atoms with E-state index >= 15 is 0 Å². The van der Waals surface area contributed by atoms with Crippen molar-refractivity contribution in [2.75, 3.05) is 18.4 Å². The van der Waals surface area contributed by atoms with Crippen molar-refractivity contribution in [3.05, 3.63) is 48.6 Å². The summed E-state index contributed by atoms with van der Waals surface area (Å²) in [5, 5.41) is 14.6. The van der Waals surface area contributed by atoms with Crippen molar-refractivity contribution in [2.24, 2.45) is 17.4 Å². The van der Waals surface area contributed by atoms with E-state index in [2.05, 4.69) is 41.7 Å². The number of carbonyl (C=O) groups excluding carboxylic acids is 1. The molecule has 8 heteroatoms. The van der Waals surface area contributed by atoms with Crippen LogP contribution in [0.5, 0.6) is 0 Å². The monoisotopic (exact) mass is 372 g/mol. The predicted octanol–water partition coefficient (Wildman–Crippen LogP) is 2.22. The lowest BCUT2D eigenvalue weighted by molar-refractivity contribution is 0.248. The molecule has 2 atom stereocenters. The number of urea groups is 1. The number of nitrogens with two attached hydrogens (primary N) is 2. The van der Waals surface area contributed by atoms with Gasteiger partial charge in [-0.05, 0) is 43.4 Å². The molecule has 147 valence electrons. The standard InChI is InChI=1S/C19H30N7O/c1-13(2)18(20)17-12-26(25-24-17)16(5-4-10-22-19(21)27)11-23-15-8-6-14(3)7-9-15/h6-9,12-13,16,18,23H,3-5,10-11,20H2,1-2H3,(H3,21,22,27)/t16-,18+/m1/s1. The fourth-order valence-corrected chi connectivity index (χ4v) is 2.70. The molecule has 1 aromatic heterocycles. The molecule has 2 rings (SSSR count). The number of nitrogens with zero attached hydrogens (tertiary/aromatic N) is 3. The van der Waals surface area contributed by atoms with Crippen molar-refractivity contribution in [3.63, 3.8) is 0 Å². The van der Waals surface area contributed by atoms with Gasteiger partial charge < -0.3 is 22.1 Å². The van der Waals surface area contributed by atoms with E-state index in [0.29, 0.717) is 13.1 Å². The molecule has 27 heavy (non-hydrogen) atoms. The first kappa shape index (κ1) is 20.7. The Hall–Kier alpha value is -2.61. The van der Waals surface area contributed by atoms with Crippen LogP contribution in [-0.2, 0) is 0 Å². The predicted molar refractivity (Wildman–Crippen MR) is 107 cm³/mol. The molecule has 8 nitrogen and oxygen atoms in total. The summed E-state index contributed by atoms with van der Waals surface area (Å²) in [7, 11) is 0. The topological polar surface area (TPSA) is 124 Å². The minimum absolute atomic E-state index is 0.0692. The molecule has 2 amide bonds. The largest absolute Gasteiger partial charge is 0.383 e. The molecule has 1 radical (unpaired) electrons. The average Bonchev–Trinajstić information content (AvgIpc) is 3.11. The molecule has 0 spiro atoms. The Labute approximate surface area is 160 Å². The van der Waals surface area contributed by atoms with E-state index in [1.807, 2.05) is 35.1 Å². The fraction of sp³-hybridized carbons (Fsp3) is 0.474. The van der Waals surface area contributed by atoms with Gasteiger partial charge in [-0.1, -0.05) is 31.2 Å². The molecule has 0 aliphatic heterocycles. The Bertz CT molecular complexity index is 711. The van der Waals surface area contributed by atoms with Crippen LogP contribution in [0.4, 0.5) is 10.5 Å². The van der Waals surface area contributed by atoms with Crippen LogP contribution in [0.1, 0.15) is 50.0 Å². The molecule has 0 aliphatic rings. The van der Waals surface area contributed by atoms with Crippen LogP contribution in [0.3, 0.4) is 0 Å². The summed E-state index contributed by atoms with van der Waals surface area (Å²) in [5.41, 5.74) is 14.1. The van der Waals surface area contributed by atoms with Gasteiger partial charge in [0.1, 0.15) is 0 Å². The van der Waals surface area contributed by atoms with Crippen LogP contribution >= 0.6 is 0 Å². The normalized spacial score (nSPS) is 13.4. The summed E-state index contributed by atoms with van der Waals surface area (Å²) in [6.45, 7) is 9.21. The first-order chi connectivity index (χ1) is 12.9. The Balaban J connectivity index is 2.04. The number of amides is 2. The maximum absolute atomic E-state index is 10.8. The molecule has 0 bridgehead atoms. The van der Waals surface area contributed by atoms with Crippen molar-refractivity contribution in [2.45, 2.75) is 38.8 Å². The smallest absolute Gasteiger partial charge is 0.312 e. The number of aromatic nitrogens is 3. The summed E-state index contributed by atoms with van der Waals surface area (Å²) < 4.78 is 1.85.